The maximum Gasteiger partial charge on any atom is 0.222 e. The summed E-state index contributed by atoms with van der Waals surface area (Å²) in [6.45, 7) is 4.24. The standard InChI is InChI=1S/C13H16O2S/c1-9(2)7-8-13(15)11-6-4-3-5-10(11)12(14)16-13/h3-6,9,15H,7-8H2,1-2H3. The fourth-order valence-corrected chi connectivity index (χ4v) is 3.04. The molecular weight excluding hydrogens is 220 g/mol. The minimum Gasteiger partial charge on any atom is -0.375 e. The predicted molar refractivity (Wildman–Crippen MR) is 66.3 cm³/mol. The van der Waals surface area contributed by atoms with Crippen LogP contribution in [-0.2, 0) is 4.93 Å². The second kappa shape index (κ2) is 4.22. The van der Waals surface area contributed by atoms with E-state index in [2.05, 4.69) is 13.8 Å². The molecule has 1 aromatic carbocycles. The molecule has 1 heterocycles. The van der Waals surface area contributed by atoms with Gasteiger partial charge in [0.1, 0.15) is 4.93 Å². The van der Waals surface area contributed by atoms with Crippen molar-refractivity contribution in [2.45, 2.75) is 31.6 Å². The summed E-state index contributed by atoms with van der Waals surface area (Å²) in [5.41, 5.74) is 1.45. The lowest BCUT2D eigenvalue weighted by Crippen LogP contribution is -2.19. The van der Waals surface area contributed by atoms with Crippen LogP contribution in [0, 0.1) is 5.92 Å². The first-order valence-corrected chi connectivity index (χ1v) is 6.40. The van der Waals surface area contributed by atoms with Crippen LogP contribution in [0.25, 0.3) is 0 Å². The van der Waals surface area contributed by atoms with Crippen molar-refractivity contribution < 1.29 is 9.90 Å². The Balaban J connectivity index is 2.28. The van der Waals surface area contributed by atoms with Gasteiger partial charge in [0.05, 0.1) is 0 Å². The molecule has 0 aliphatic carbocycles. The van der Waals surface area contributed by atoms with Gasteiger partial charge in [-0.2, -0.15) is 0 Å². The van der Waals surface area contributed by atoms with Gasteiger partial charge in [0.25, 0.3) is 0 Å². The zero-order valence-electron chi connectivity index (χ0n) is 9.56. The van der Waals surface area contributed by atoms with E-state index in [1.165, 1.54) is 0 Å². The van der Waals surface area contributed by atoms with Gasteiger partial charge in [-0.15, -0.1) is 0 Å². The van der Waals surface area contributed by atoms with Crippen molar-refractivity contribution in [3.05, 3.63) is 35.4 Å². The first kappa shape index (κ1) is 11.7. The number of carbonyl (C=O) groups excluding carboxylic acids is 1. The molecule has 0 aromatic heterocycles. The smallest absolute Gasteiger partial charge is 0.222 e. The molecule has 2 nitrogen and oxygen atoms in total. The lowest BCUT2D eigenvalue weighted by molar-refractivity contribution is 0.108. The summed E-state index contributed by atoms with van der Waals surface area (Å²) in [4.78, 5) is 10.7. The summed E-state index contributed by atoms with van der Waals surface area (Å²) in [6.07, 6.45) is 1.56. The van der Waals surface area contributed by atoms with E-state index in [9.17, 15) is 9.90 Å². The minimum atomic E-state index is -1.00. The van der Waals surface area contributed by atoms with E-state index in [1.807, 2.05) is 18.2 Å². The van der Waals surface area contributed by atoms with E-state index < -0.39 is 4.93 Å². The second-order valence-corrected chi connectivity index (χ2v) is 5.90. The Morgan fingerprint density at radius 3 is 2.75 bits per heavy atom. The van der Waals surface area contributed by atoms with Gasteiger partial charge in [0, 0.05) is 11.1 Å². The van der Waals surface area contributed by atoms with Crippen molar-refractivity contribution in [3.63, 3.8) is 0 Å². The molecule has 0 spiro atoms. The monoisotopic (exact) mass is 236 g/mol. The number of rotatable bonds is 3. The summed E-state index contributed by atoms with van der Waals surface area (Å²) >= 11 is 1.06. The quantitative estimate of drug-likeness (QED) is 0.876. The van der Waals surface area contributed by atoms with Gasteiger partial charge < -0.3 is 5.11 Å². The third-order valence-corrected chi connectivity index (χ3v) is 4.06. The fraction of sp³-hybridized carbons (Fsp3) is 0.462. The molecule has 0 amide bonds. The molecule has 3 heteroatoms. The first-order chi connectivity index (χ1) is 7.53. The number of carbonyl (C=O) groups is 1. The molecule has 0 saturated carbocycles. The molecule has 1 N–H and O–H groups in total. The number of thioether (sulfide) groups is 1. The highest BCUT2D eigenvalue weighted by Crippen LogP contribution is 2.48. The van der Waals surface area contributed by atoms with Crippen molar-refractivity contribution in [3.8, 4) is 0 Å². The molecule has 0 radical (unpaired) electrons. The minimum absolute atomic E-state index is 0.0122. The van der Waals surface area contributed by atoms with E-state index >= 15 is 0 Å². The van der Waals surface area contributed by atoms with Gasteiger partial charge in [-0.3, -0.25) is 4.79 Å². The van der Waals surface area contributed by atoms with Crippen molar-refractivity contribution in [2.75, 3.05) is 0 Å². The molecule has 1 atom stereocenters. The van der Waals surface area contributed by atoms with Crippen molar-refractivity contribution in [2.24, 2.45) is 5.92 Å². The van der Waals surface area contributed by atoms with Crippen LogP contribution in [-0.4, -0.2) is 10.2 Å². The van der Waals surface area contributed by atoms with Crippen LogP contribution < -0.4 is 0 Å². The molecule has 16 heavy (non-hydrogen) atoms. The van der Waals surface area contributed by atoms with Crippen LogP contribution in [0.3, 0.4) is 0 Å². The second-order valence-electron chi connectivity index (χ2n) is 4.65. The summed E-state index contributed by atoms with van der Waals surface area (Å²) < 4.78 is 0. The molecule has 86 valence electrons. The fourth-order valence-electron chi connectivity index (χ4n) is 1.94. The van der Waals surface area contributed by atoms with E-state index in [-0.39, 0.29) is 5.12 Å². The van der Waals surface area contributed by atoms with Crippen molar-refractivity contribution in [1.82, 2.24) is 0 Å². The van der Waals surface area contributed by atoms with Crippen molar-refractivity contribution in [1.29, 1.82) is 0 Å². The average molecular weight is 236 g/mol. The molecule has 0 saturated heterocycles. The number of hydrogen-bond acceptors (Lipinski definition) is 3. The molecule has 1 unspecified atom stereocenters. The Kier molecular flexibility index (Phi) is 3.08. The van der Waals surface area contributed by atoms with Gasteiger partial charge >= 0.3 is 0 Å². The van der Waals surface area contributed by atoms with Crippen LogP contribution in [0.1, 0.15) is 42.6 Å². The predicted octanol–water partition coefficient (Wildman–Crippen LogP) is 3.15. The highest BCUT2D eigenvalue weighted by atomic mass is 32.2. The van der Waals surface area contributed by atoms with Crippen LogP contribution in [0.15, 0.2) is 24.3 Å². The van der Waals surface area contributed by atoms with Gasteiger partial charge in [-0.05, 0) is 30.5 Å². The Morgan fingerprint density at radius 2 is 2.06 bits per heavy atom. The Labute approximate surface area is 100 Å². The molecule has 0 fully saturated rings. The Bertz CT molecular complexity index is 414. The summed E-state index contributed by atoms with van der Waals surface area (Å²) in [5, 5.41) is 10.5. The summed E-state index contributed by atoms with van der Waals surface area (Å²) in [7, 11) is 0. The SMILES string of the molecule is CC(C)CCC1(O)SC(=O)c2ccccc21. The van der Waals surface area contributed by atoms with Crippen LogP contribution in [0.4, 0.5) is 0 Å². The molecular formula is C13H16O2S. The molecule has 1 aliphatic heterocycles. The van der Waals surface area contributed by atoms with Crippen LogP contribution in [0.5, 0.6) is 0 Å². The highest BCUT2D eigenvalue weighted by Gasteiger charge is 2.42. The van der Waals surface area contributed by atoms with E-state index in [0.717, 1.165) is 23.7 Å². The largest absolute Gasteiger partial charge is 0.375 e. The molecule has 0 bridgehead atoms. The number of aliphatic hydroxyl groups is 1. The third-order valence-electron chi connectivity index (χ3n) is 2.89. The molecule has 2 rings (SSSR count). The number of benzene rings is 1. The lowest BCUT2D eigenvalue weighted by atomic mass is 9.96. The first-order valence-electron chi connectivity index (χ1n) is 5.58. The Morgan fingerprint density at radius 1 is 1.38 bits per heavy atom. The van der Waals surface area contributed by atoms with E-state index in [0.29, 0.717) is 17.9 Å². The number of hydrogen-bond donors (Lipinski definition) is 1. The van der Waals surface area contributed by atoms with Crippen LogP contribution in [0.2, 0.25) is 0 Å². The lowest BCUT2D eigenvalue weighted by Gasteiger charge is -2.22. The van der Waals surface area contributed by atoms with Crippen molar-refractivity contribution >= 4 is 16.9 Å². The van der Waals surface area contributed by atoms with Gasteiger partial charge in [0.2, 0.25) is 5.12 Å². The Hall–Kier alpha value is -0.800. The average Bonchev–Trinajstić information content (AvgIpc) is 2.51. The zero-order chi connectivity index (χ0) is 11.8. The maximum atomic E-state index is 11.7. The van der Waals surface area contributed by atoms with Crippen LogP contribution >= 0.6 is 11.8 Å². The molecule has 1 aromatic rings. The van der Waals surface area contributed by atoms with Gasteiger partial charge in [0.15, 0.2) is 0 Å². The number of fused-ring (bicyclic) bond motifs is 1. The van der Waals surface area contributed by atoms with E-state index in [4.69, 9.17) is 0 Å². The highest BCUT2D eigenvalue weighted by molar-refractivity contribution is 8.15. The summed E-state index contributed by atoms with van der Waals surface area (Å²) in [5.74, 6) is 0.535. The van der Waals surface area contributed by atoms with Gasteiger partial charge in [-0.25, -0.2) is 0 Å². The maximum absolute atomic E-state index is 11.7. The topological polar surface area (TPSA) is 37.3 Å². The van der Waals surface area contributed by atoms with Gasteiger partial charge in [-0.1, -0.05) is 38.1 Å². The third kappa shape index (κ3) is 2.02. The zero-order valence-corrected chi connectivity index (χ0v) is 10.4. The molecule has 1 aliphatic rings. The summed E-state index contributed by atoms with van der Waals surface area (Å²) in [6, 6.07) is 7.36. The normalized spacial score (nSPS) is 23.9. The van der Waals surface area contributed by atoms with E-state index in [1.54, 1.807) is 6.07 Å².